The van der Waals surface area contributed by atoms with E-state index in [1.807, 2.05) is 0 Å². The van der Waals surface area contributed by atoms with Crippen LogP contribution < -0.4 is 5.73 Å². The van der Waals surface area contributed by atoms with Crippen LogP contribution in [0.1, 0.15) is 44.9 Å². The van der Waals surface area contributed by atoms with Gasteiger partial charge >= 0.3 is 13.1 Å². The Morgan fingerprint density at radius 2 is 1.68 bits per heavy atom. The van der Waals surface area contributed by atoms with Crippen LogP contribution in [0.15, 0.2) is 0 Å². The third-order valence-electron chi connectivity index (χ3n) is 4.08. The molecule has 0 spiro atoms. The molecule has 0 radical (unpaired) electrons. The average Bonchev–Trinajstić information content (AvgIpc) is 2.42. The van der Waals surface area contributed by atoms with Gasteiger partial charge in [0.25, 0.3) is 0 Å². The standard InChI is InChI=1S/C13H27BN2O4.2ClH/c15-13(12(17)18,6-2-3-8-14(19)20)7-11-16-9-4-1-5-10-16;;/h19-20H,1-11,15H2,(H,17,18);2*1H/t13-;;/m1../s1. The van der Waals surface area contributed by atoms with Gasteiger partial charge in [0.15, 0.2) is 0 Å². The van der Waals surface area contributed by atoms with Crippen molar-refractivity contribution in [3.63, 3.8) is 0 Å². The summed E-state index contributed by atoms with van der Waals surface area (Å²) in [6.45, 7) is 2.80. The molecule has 0 bridgehead atoms. The molecule has 9 heteroatoms. The monoisotopic (exact) mass is 358 g/mol. The zero-order valence-electron chi connectivity index (χ0n) is 12.9. The lowest BCUT2D eigenvalue weighted by molar-refractivity contribution is -0.144. The molecule has 0 amide bonds. The molecular formula is C13H29BCl2N2O4. The summed E-state index contributed by atoms with van der Waals surface area (Å²) in [6.07, 6.45) is 5.88. The van der Waals surface area contributed by atoms with Gasteiger partial charge in [-0.05, 0) is 45.1 Å². The number of carboxylic acid groups (broad SMARTS) is 1. The van der Waals surface area contributed by atoms with Gasteiger partial charge in [-0.15, -0.1) is 24.8 Å². The second-order valence-electron chi connectivity index (χ2n) is 5.84. The maximum atomic E-state index is 11.4. The summed E-state index contributed by atoms with van der Waals surface area (Å²) in [5.41, 5.74) is 4.83. The number of unbranched alkanes of at least 4 members (excludes halogenated alkanes) is 1. The van der Waals surface area contributed by atoms with Gasteiger partial charge in [-0.1, -0.05) is 19.3 Å². The zero-order valence-corrected chi connectivity index (χ0v) is 14.6. The van der Waals surface area contributed by atoms with Crippen LogP contribution in [0.3, 0.4) is 0 Å². The van der Waals surface area contributed by atoms with Crippen molar-refractivity contribution in [3.05, 3.63) is 0 Å². The predicted octanol–water partition coefficient (Wildman–Crippen LogP) is 1.13. The van der Waals surface area contributed by atoms with E-state index in [0.29, 0.717) is 25.7 Å². The Balaban J connectivity index is 0. The molecule has 0 saturated carbocycles. The number of hydrogen-bond acceptors (Lipinski definition) is 5. The van der Waals surface area contributed by atoms with Crippen LogP contribution in [0.2, 0.25) is 6.32 Å². The molecule has 6 nitrogen and oxygen atoms in total. The first-order valence-electron chi connectivity index (χ1n) is 7.55. The lowest BCUT2D eigenvalue weighted by Crippen LogP contribution is -2.50. The number of carboxylic acids is 1. The van der Waals surface area contributed by atoms with Crippen molar-refractivity contribution >= 4 is 37.9 Å². The summed E-state index contributed by atoms with van der Waals surface area (Å²) in [7, 11) is -1.32. The van der Waals surface area contributed by atoms with E-state index in [1.165, 1.54) is 19.3 Å². The van der Waals surface area contributed by atoms with Crippen molar-refractivity contribution in [3.8, 4) is 0 Å². The van der Waals surface area contributed by atoms with E-state index >= 15 is 0 Å². The van der Waals surface area contributed by atoms with E-state index in [4.69, 9.17) is 15.8 Å². The maximum Gasteiger partial charge on any atom is 0.451 e. The fraction of sp³-hybridized carbons (Fsp3) is 0.923. The number of rotatable bonds is 9. The fourth-order valence-electron chi connectivity index (χ4n) is 2.65. The normalized spacial score (nSPS) is 17.8. The Hall–Kier alpha value is -0.0451. The Kier molecular flexibility index (Phi) is 13.6. The number of likely N-dealkylation sites (tertiary alicyclic amines) is 1. The highest BCUT2D eigenvalue weighted by molar-refractivity contribution is 6.40. The summed E-state index contributed by atoms with van der Waals surface area (Å²) in [4.78, 5) is 13.7. The van der Waals surface area contributed by atoms with Crippen LogP contribution in [0.5, 0.6) is 0 Å². The summed E-state index contributed by atoms with van der Waals surface area (Å²) >= 11 is 0. The number of nitrogens with two attached hydrogens (primary N) is 1. The topological polar surface area (TPSA) is 107 Å². The molecule has 0 aliphatic carbocycles. The minimum Gasteiger partial charge on any atom is -0.480 e. The van der Waals surface area contributed by atoms with Crippen molar-refractivity contribution < 1.29 is 19.9 Å². The third-order valence-corrected chi connectivity index (χ3v) is 4.08. The van der Waals surface area contributed by atoms with Gasteiger partial charge in [-0.2, -0.15) is 0 Å². The second-order valence-corrected chi connectivity index (χ2v) is 5.84. The van der Waals surface area contributed by atoms with E-state index in [2.05, 4.69) is 4.90 Å². The van der Waals surface area contributed by atoms with E-state index in [0.717, 1.165) is 19.6 Å². The Morgan fingerprint density at radius 1 is 1.09 bits per heavy atom. The molecule has 0 aromatic carbocycles. The summed E-state index contributed by atoms with van der Waals surface area (Å²) < 4.78 is 0. The number of hydrogen-bond donors (Lipinski definition) is 4. The zero-order chi connectivity index (χ0) is 15.0. The van der Waals surface area contributed by atoms with Crippen molar-refractivity contribution in [1.29, 1.82) is 0 Å². The van der Waals surface area contributed by atoms with Gasteiger partial charge in [-0.3, -0.25) is 4.79 Å². The number of piperidine rings is 1. The van der Waals surface area contributed by atoms with Crippen LogP contribution in [0.4, 0.5) is 0 Å². The molecular weight excluding hydrogens is 330 g/mol. The molecule has 5 N–H and O–H groups in total. The molecule has 1 fully saturated rings. The van der Waals surface area contributed by atoms with Crippen LogP contribution >= 0.6 is 24.8 Å². The lowest BCUT2D eigenvalue weighted by atomic mass is 9.81. The van der Waals surface area contributed by atoms with Crippen LogP contribution in [0, 0.1) is 0 Å². The molecule has 0 aromatic rings. The average molecular weight is 359 g/mol. The minimum absolute atomic E-state index is 0. The van der Waals surface area contributed by atoms with Crippen LogP contribution in [-0.2, 0) is 4.79 Å². The van der Waals surface area contributed by atoms with Gasteiger partial charge in [0.1, 0.15) is 5.54 Å². The molecule has 22 heavy (non-hydrogen) atoms. The quantitative estimate of drug-likeness (QED) is 0.363. The molecule has 1 aliphatic heterocycles. The molecule has 0 unspecified atom stereocenters. The van der Waals surface area contributed by atoms with Gasteiger partial charge < -0.3 is 25.8 Å². The maximum absolute atomic E-state index is 11.4. The Labute approximate surface area is 145 Å². The first-order valence-corrected chi connectivity index (χ1v) is 7.55. The highest BCUT2D eigenvalue weighted by Crippen LogP contribution is 2.19. The van der Waals surface area contributed by atoms with Crippen LogP contribution in [-0.4, -0.2) is 58.3 Å². The molecule has 1 rings (SSSR count). The van der Waals surface area contributed by atoms with Crippen LogP contribution in [0.25, 0.3) is 0 Å². The molecule has 132 valence electrons. The first kappa shape index (κ1) is 24.2. The lowest BCUT2D eigenvalue weighted by Gasteiger charge is -2.31. The highest BCUT2D eigenvalue weighted by atomic mass is 35.5. The summed E-state index contributed by atoms with van der Waals surface area (Å²) in [6, 6.07) is 0. The molecule has 1 atom stereocenters. The minimum atomic E-state index is -1.32. The predicted molar refractivity (Wildman–Crippen MR) is 92.8 cm³/mol. The van der Waals surface area contributed by atoms with Crippen molar-refractivity contribution in [2.75, 3.05) is 19.6 Å². The largest absolute Gasteiger partial charge is 0.480 e. The SMILES string of the molecule is Cl.Cl.N[C@](CCCCB(O)O)(CCN1CCCCC1)C(=O)O. The Bertz CT molecular complexity index is 308. The van der Waals surface area contributed by atoms with Crippen molar-refractivity contribution in [1.82, 2.24) is 4.90 Å². The van der Waals surface area contributed by atoms with E-state index in [1.54, 1.807) is 0 Å². The number of carbonyl (C=O) groups is 1. The first-order chi connectivity index (χ1) is 9.44. The smallest absolute Gasteiger partial charge is 0.451 e. The second kappa shape index (κ2) is 12.4. The summed E-state index contributed by atoms with van der Waals surface area (Å²) in [5.74, 6) is -0.959. The number of aliphatic carboxylic acids is 1. The van der Waals surface area contributed by atoms with Crippen molar-refractivity contribution in [2.45, 2.75) is 56.8 Å². The van der Waals surface area contributed by atoms with Gasteiger partial charge in [0.2, 0.25) is 0 Å². The van der Waals surface area contributed by atoms with E-state index in [9.17, 15) is 9.90 Å². The molecule has 0 aromatic heterocycles. The number of nitrogens with zero attached hydrogens (tertiary/aromatic N) is 1. The van der Waals surface area contributed by atoms with Crippen molar-refractivity contribution in [2.24, 2.45) is 5.73 Å². The van der Waals surface area contributed by atoms with Gasteiger partial charge in [0.05, 0.1) is 0 Å². The van der Waals surface area contributed by atoms with E-state index < -0.39 is 18.6 Å². The Morgan fingerprint density at radius 3 is 2.18 bits per heavy atom. The third kappa shape index (κ3) is 9.17. The number of halogens is 2. The fourth-order valence-corrected chi connectivity index (χ4v) is 2.65. The molecule has 1 aliphatic rings. The van der Waals surface area contributed by atoms with Gasteiger partial charge in [-0.25, -0.2) is 0 Å². The molecule has 1 heterocycles. The van der Waals surface area contributed by atoms with Gasteiger partial charge in [0, 0.05) is 6.54 Å². The molecule has 1 saturated heterocycles. The van der Waals surface area contributed by atoms with E-state index in [-0.39, 0.29) is 31.1 Å². The summed E-state index contributed by atoms with van der Waals surface area (Å²) in [5, 5.41) is 26.9. The highest BCUT2D eigenvalue weighted by Gasteiger charge is 2.33.